The first-order valence-corrected chi connectivity index (χ1v) is 13.8. The number of likely N-dealkylation sites (tertiary alicyclic amines) is 2. The van der Waals surface area contributed by atoms with Gasteiger partial charge in [0.05, 0.1) is 25.5 Å². The van der Waals surface area contributed by atoms with Gasteiger partial charge in [-0.3, -0.25) is 29.0 Å². The highest BCUT2D eigenvalue weighted by Crippen LogP contribution is 2.66. The van der Waals surface area contributed by atoms with Gasteiger partial charge < -0.3 is 9.84 Å². The topological polar surface area (TPSA) is 104 Å². The van der Waals surface area contributed by atoms with E-state index in [0.717, 1.165) is 9.78 Å². The molecule has 2 aromatic rings. The molecule has 6 atom stereocenters. The van der Waals surface area contributed by atoms with Gasteiger partial charge in [-0.1, -0.05) is 23.8 Å². The van der Waals surface area contributed by atoms with E-state index in [2.05, 4.69) is 0 Å². The third-order valence-electron chi connectivity index (χ3n) is 8.53. The first-order chi connectivity index (χ1) is 18.0. The molecule has 1 saturated carbocycles. The van der Waals surface area contributed by atoms with Crippen molar-refractivity contribution in [2.24, 2.45) is 17.8 Å². The van der Waals surface area contributed by atoms with E-state index in [-0.39, 0.29) is 36.3 Å². The number of imide groups is 2. The van der Waals surface area contributed by atoms with Gasteiger partial charge in [-0.2, -0.15) is 0 Å². The average Bonchev–Trinajstić information content (AvgIpc) is 3.53. The highest BCUT2D eigenvalue weighted by atomic mass is 35.5. The van der Waals surface area contributed by atoms with E-state index in [0.29, 0.717) is 17.6 Å². The summed E-state index contributed by atoms with van der Waals surface area (Å²) < 4.78 is 5.55. The predicted molar refractivity (Wildman–Crippen MR) is 140 cm³/mol. The minimum Gasteiger partial charge on any atom is -0.508 e. The second kappa shape index (κ2) is 8.56. The summed E-state index contributed by atoms with van der Waals surface area (Å²) >= 11 is 15.8. The number of rotatable bonds is 4. The summed E-state index contributed by atoms with van der Waals surface area (Å²) in [7, 11) is 2.77. The van der Waals surface area contributed by atoms with Crippen molar-refractivity contribution in [2.75, 3.05) is 14.2 Å². The molecule has 2 aliphatic carbocycles. The lowest BCUT2D eigenvalue weighted by Gasteiger charge is -2.51. The summed E-state index contributed by atoms with van der Waals surface area (Å²) in [5.74, 6) is -4.51. The van der Waals surface area contributed by atoms with Crippen LogP contribution in [0.1, 0.15) is 29.2 Å². The van der Waals surface area contributed by atoms with E-state index in [1.807, 2.05) is 23.6 Å². The highest BCUT2D eigenvalue weighted by molar-refractivity contribution is 7.09. The molecule has 0 radical (unpaired) electrons. The fourth-order valence-corrected chi connectivity index (χ4v) is 8.51. The van der Waals surface area contributed by atoms with E-state index < -0.39 is 45.2 Å². The minimum absolute atomic E-state index is 0.0527. The number of phenols is 1. The number of allylic oxidation sites excluding steroid dienone is 2. The molecule has 198 valence electrons. The van der Waals surface area contributed by atoms with E-state index in [1.54, 1.807) is 6.07 Å². The number of carbonyl (C=O) groups is 4. The van der Waals surface area contributed by atoms with Crippen molar-refractivity contribution in [3.8, 4) is 11.5 Å². The SMILES string of the molecule is COc1cc(O)ccc1[C@H]1C2=CC[C@@H]3C(=O)N(Cc4cccs4)C(=O)[C@@H]3[C@@H]2C[C@@]2(Cl)C(=O)N(C)C(=O)[C@@]12Cl. The Morgan fingerprint density at radius 1 is 1.11 bits per heavy atom. The average molecular weight is 575 g/mol. The Morgan fingerprint density at radius 2 is 1.87 bits per heavy atom. The van der Waals surface area contributed by atoms with Gasteiger partial charge in [0.1, 0.15) is 11.5 Å². The van der Waals surface area contributed by atoms with Crippen LogP contribution in [0.15, 0.2) is 47.4 Å². The zero-order chi connectivity index (χ0) is 27.1. The van der Waals surface area contributed by atoms with Crippen LogP contribution in [-0.4, -0.2) is 62.4 Å². The number of hydrogen-bond donors (Lipinski definition) is 1. The first kappa shape index (κ1) is 25.4. The molecule has 3 fully saturated rings. The largest absolute Gasteiger partial charge is 0.508 e. The van der Waals surface area contributed by atoms with Gasteiger partial charge in [-0.15, -0.1) is 34.5 Å². The number of amides is 4. The number of hydrogen-bond acceptors (Lipinski definition) is 7. The first-order valence-electron chi connectivity index (χ1n) is 12.2. The van der Waals surface area contributed by atoms with Crippen LogP contribution in [0.4, 0.5) is 0 Å². The number of ether oxygens (including phenoxy) is 1. The Morgan fingerprint density at radius 3 is 2.55 bits per heavy atom. The second-order valence-electron chi connectivity index (χ2n) is 10.3. The Balaban J connectivity index is 1.51. The molecule has 0 bridgehead atoms. The van der Waals surface area contributed by atoms with Gasteiger partial charge in [0, 0.05) is 29.5 Å². The van der Waals surface area contributed by atoms with Crippen LogP contribution in [0.3, 0.4) is 0 Å². The number of halogens is 2. The van der Waals surface area contributed by atoms with Gasteiger partial charge >= 0.3 is 0 Å². The molecule has 38 heavy (non-hydrogen) atoms. The highest BCUT2D eigenvalue weighted by Gasteiger charge is 2.76. The maximum atomic E-state index is 13.8. The van der Waals surface area contributed by atoms with Crippen LogP contribution in [-0.2, 0) is 25.7 Å². The molecule has 6 rings (SSSR count). The lowest BCUT2D eigenvalue weighted by Crippen LogP contribution is -2.60. The molecule has 4 aliphatic rings. The summed E-state index contributed by atoms with van der Waals surface area (Å²) in [6.45, 7) is 0.186. The van der Waals surface area contributed by atoms with Crippen LogP contribution in [0.25, 0.3) is 0 Å². The zero-order valence-corrected chi connectivity index (χ0v) is 22.8. The van der Waals surface area contributed by atoms with Gasteiger partial charge in [0.2, 0.25) is 11.8 Å². The van der Waals surface area contributed by atoms with Gasteiger partial charge in [0.25, 0.3) is 11.8 Å². The van der Waals surface area contributed by atoms with Crippen LogP contribution >= 0.6 is 34.5 Å². The van der Waals surface area contributed by atoms with Crippen molar-refractivity contribution < 1.29 is 29.0 Å². The third-order valence-corrected chi connectivity index (χ3v) is 10.8. The predicted octanol–water partition coefficient (Wildman–Crippen LogP) is 3.65. The Labute approximate surface area is 232 Å². The molecule has 3 heterocycles. The minimum atomic E-state index is -1.90. The van der Waals surface area contributed by atoms with Gasteiger partial charge in [-0.25, -0.2) is 0 Å². The fourth-order valence-electron chi connectivity index (χ4n) is 6.81. The van der Waals surface area contributed by atoms with E-state index >= 15 is 0 Å². The Kier molecular flexibility index (Phi) is 5.72. The quantitative estimate of drug-likeness (QED) is 0.339. The lowest BCUT2D eigenvalue weighted by atomic mass is 9.56. The molecule has 1 N–H and O–H groups in total. The molecule has 1 aromatic carbocycles. The molecule has 0 unspecified atom stereocenters. The third kappa shape index (κ3) is 3.15. The molecular weight excluding hydrogens is 551 g/mol. The number of phenolic OH excluding ortho intramolecular Hbond substituents is 1. The van der Waals surface area contributed by atoms with Gasteiger partial charge in [-0.05, 0) is 36.3 Å². The summed E-state index contributed by atoms with van der Waals surface area (Å²) in [5, 5.41) is 12.0. The van der Waals surface area contributed by atoms with Crippen molar-refractivity contribution in [2.45, 2.75) is 35.1 Å². The number of alkyl halides is 2. The Hall–Kier alpha value is -2.88. The van der Waals surface area contributed by atoms with Crippen LogP contribution in [0, 0.1) is 17.8 Å². The van der Waals surface area contributed by atoms with Crippen molar-refractivity contribution >= 4 is 58.2 Å². The van der Waals surface area contributed by atoms with Crippen molar-refractivity contribution in [1.82, 2.24) is 9.80 Å². The number of methoxy groups -OCH3 is 1. The maximum Gasteiger partial charge on any atom is 0.253 e. The molecule has 1 aromatic heterocycles. The number of nitrogens with zero attached hydrogens (tertiary/aromatic N) is 2. The van der Waals surface area contributed by atoms with E-state index in [4.69, 9.17) is 27.9 Å². The molecular formula is C27H24Cl2N2O6S. The smallest absolute Gasteiger partial charge is 0.253 e. The number of fused-ring (bicyclic) bond motifs is 4. The molecule has 8 nitrogen and oxygen atoms in total. The van der Waals surface area contributed by atoms with E-state index in [1.165, 1.54) is 42.5 Å². The Bertz CT molecular complexity index is 1430. The van der Waals surface area contributed by atoms with Crippen molar-refractivity contribution in [1.29, 1.82) is 0 Å². The molecule has 4 amide bonds. The summed E-state index contributed by atoms with van der Waals surface area (Å²) in [6, 6.07) is 8.18. The number of aromatic hydroxyl groups is 1. The number of benzene rings is 1. The van der Waals surface area contributed by atoms with Crippen molar-refractivity contribution in [3.63, 3.8) is 0 Å². The molecule has 0 spiro atoms. The summed E-state index contributed by atoms with van der Waals surface area (Å²) in [4.78, 5) is 53.7. The standard InChI is InChI=1S/C27H24Cl2N2O6S/c1-30-24(35)26(28)11-18-15(21(27(26,29)25(30)36)16-6-5-13(32)10-19(16)37-2)7-8-17-20(18)23(34)31(22(17)33)12-14-4-3-9-38-14/h3-7,9-10,17-18,20-21,32H,8,11-12H2,1-2H3/t17-,18+,20-,21+,26+,27-/m0/s1. The maximum absolute atomic E-state index is 13.8. The van der Waals surface area contributed by atoms with Gasteiger partial charge in [0.15, 0.2) is 9.75 Å². The van der Waals surface area contributed by atoms with Crippen molar-refractivity contribution in [3.05, 3.63) is 57.8 Å². The summed E-state index contributed by atoms with van der Waals surface area (Å²) in [6.07, 6.45) is 2.10. The molecule has 2 aliphatic heterocycles. The van der Waals surface area contributed by atoms with Crippen LogP contribution in [0.2, 0.25) is 0 Å². The number of carbonyl (C=O) groups excluding carboxylic acids is 4. The fraction of sp³-hybridized carbons (Fsp3) is 0.407. The van der Waals surface area contributed by atoms with Crippen LogP contribution < -0.4 is 4.74 Å². The molecule has 2 saturated heterocycles. The number of thiophene rings is 1. The normalized spacial score (nSPS) is 34.3. The monoisotopic (exact) mass is 574 g/mol. The summed E-state index contributed by atoms with van der Waals surface area (Å²) in [5.41, 5.74) is 1.14. The second-order valence-corrected chi connectivity index (χ2v) is 12.5. The lowest BCUT2D eigenvalue weighted by molar-refractivity contribution is -0.141. The van der Waals surface area contributed by atoms with Crippen LogP contribution in [0.5, 0.6) is 11.5 Å². The zero-order valence-electron chi connectivity index (χ0n) is 20.5. The van der Waals surface area contributed by atoms with E-state index in [9.17, 15) is 24.3 Å². The molecule has 11 heteroatoms.